The summed E-state index contributed by atoms with van der Waals surface area (Å²) in [6.45, 7) is 15.1. The van der Waals surface area contributed by atoms with Crippen molar-refractivity contribution in [2.24, 2.45) is 0 Å². The lowest BCUT2D eigenvalue weighted by Crippen LogP contribution is -2.50. The Morgan fingerprint density at radius 1 is 1.23 bits per heavy atom. The maximum atomic E-state index is 12.1. The van der Waals surface area contributed by atoms with E-state index in [-0.39, 0.29) is 23.2 Å². The molecule has 1 aromatic heterocycles. The first-order valence-electron chi connectivity index (χ1n) is 9.17. The normalized spacial score (nSPS) is 22.3. The summed E-state index contributed by atoms with van der Waals surface area (Å²) in [7, 11) is -0.470. The number of carbonyl (C=O) groups is 1. The van der Waals surface area contributed by atoms with Crippen LogP contribution in [0.15, 0.2) is 18.3 Å². The highest BCUT2D eigenvalue weighted by atomic mass is 16.7. The molecule has 0 saturated carbocycles. The summed E-state index contributed by atoms with van der Waals surface area (Å²) in [6, 6.07) is 4.02. The van der Waals surface area contributed by atoms with Gasteiger partial charge >= 0.3 is 13.2 Å². The molecule has 0 atom stereocenters. The molecule has 0 aromatic carbocycles. The van der Waals surface area contributed by atoms with Crippen LogP contribution in [0.5, 0.6) is 0 Å². The van der Waals surface area contributed by atoms with Gasteiger partial charge in [0.25, 0.3) is 0 Å². The van der Waals surface area contributed by atoms with Gasteiger partial charge in [0, 0.05) is 25.2 Å². The zero-order valence-corrected chi connectivity index (χ0v) is 16.8. The van der Waals surface area contributed by atoms with Crippen LogP contribution in [-0.2, 0) is 14.0 Å². The lowest BCUT2D eigenvalue weighted by molar-refractivity contribution is 0.00578. The second kappa shape index (κ2) is 6.24. The van der Waals surface area contributed by atoms with Gasteiger partial charge < -0.3 is 18.9 Å². The van der Waals surface area contributed by atoms with Crippen LogP contribution in [0.25, 0.3) is 0 Å². The third-order valence-electron chi connectivity index (χ3n) is 5.30. The van der Waals surface area contributed by atoms with Gasteiger partial charge in [0.2, 0.25) is 0 Å². The molecular weight excluding hydrogens is 331 g/mol. The molecule has 0 spiro atoms. The number of aromatic nitrogens is 1. The van der Waals surface area contributed by atoms with Crippen LogP contribution < -0.4 is 5.59 Å². The molecule has 0 unspecified atom stereocenters. The van der Waals surface area contributed by atoms with Gasteiger partial charge in [-0.1, -0.05) is 0 Å². The molecule has 7 heteroatoms. The minimum atomic E-state index is -0.470. The Balaban J connectivity index is 1.64. The lowest BCUT2D eigenvalue weighted by atomic mass is 9.81. The molecule has 0 radical (unpaired) electrons. The Labute approximate surface area is 156 Å². The molecule has 2 fully saturated rings. The van der Waals surface area contributed by atoms with E-state index in [1.54, 1.807) is 11.1 Å². The van der Waals surface area contributed by atoms with Gasteiger partial charge in [0.15, 0.2) is 0 Å². The Hall–Kier alpha value is -1.60. The standard InChI is InChI=1S/C19H29BN2O4/c1-17(2,3)24-16(23)22-11-14(12-22)13-8-9-21-15(10-13)20-25-18(4,5)19(6,7)26-20/h8-10,14H,11-12H2,1-7H3. The average Bonchev–Trinajstić information content (AvgIpc) is 2.64. The minimum Gasteiger partial charge on any atom is -0.444 e. The Morgan fingerprint density at radius 3 is 2.35 bits per heavy atom. The molecule has 0 N–H and O–H groups in total. The van der Waals surface area contributed by atoms with E-state index in [9.17, 15) is 4.79 Å². The van der Waals surface area contributed by atoms with Crippen molar-refractivity contribution in [2.45, 2.75) is 71.2 Å². The van der Waals surface area contributed by atoms with E-state index >= 15 is 0 Å². The highest BCUT2D eigenvalue weighted by Gasteiger charge is 2.52. The lowest BCUT2D eigenvalue weighted by Gasteiger charge is -2.40. The van der Waals surface area contributed by atoms with Crippen molar-refractivity contribution in [1.82, 2.24) is 9.88 Å². The number of rotatable bonds is 2. The summed E-state index contributed by atoms with van der Waals surface area (Å²) in [5.41, 5.74) is 0.669. The SMILES string of the molecule is CC(C)(C)OC(=O)N1CC(c2ccnc(B3OC(C)(C)C(C)(C)O3)c2)C1. The van der Waals surface area contributed by atoms with E-state index in [2.05, 4.69) is 4.98 Å². The zero-order chi connectivity index (χ0) is 19.3. The Bertz CT molecular complexity index is 677. The van der Waals surface area contributed by atoms with Crippen LogP contribution in [0.3, 0.4) is 0 Å². The summed E-state index contributed by atoms with van der Waals surface area (Å²) in [5.74, 6) is 0.284. The number of hydrogen-bond donors (Lipinski definition) is 0. The van der Waals surface area contributed by atoms with Crippen molar-refractivity contribution in [3.8, 4) is 0 Å². The predicted octanol–water partition coefficient (Wildman–Crippen LogP) is 2.72. The largest absolute Gasteiger partial charge is 0.514 e. The highest BCUT2D eigenvalue weighted by molar-refractivity contribution is 6.61. The number of nitrogens with zero attached hydrogens (tertiary/aromatic N) is 2. The quantitative estimate of drug-likeness (QED) is 0.759. The van der Waals surface area contributed by atoms with E-state index in [0.717, 1.165) is 11.2 Å². The first-order chi connectivity index (χ1) is 11.9. The maximum Gasteiger partial charge on any atom is 0.514 e. The molecular formula is C19H29BN2O4. The molecule has 26 heavy (non-hydrogen) atoms. The first kappa shape index (κ1) is 19.2. The second-order valence-electron chi connectivity index (χ2n) is 9.18. The van der Waals surface area contributed by atoms with Crippen LogP contribution >= 0.6 is 0 Å². The number of pyridine rings is 1. The van der Waals surface area contributed by atoms with E-state index in [1.807, 2.05) is 60.6 Å². The molecule has 1 amide bonds. The Morgan fingerprint density at radius 2 is 1.81 bits per heavy atom. The smallest absolute Gasteiger partial charge is 0.444 e. The highest BCUT2D eigenvalue weighted by Crippen LogP contribution is 2.36. The van der Waals surface area contributed by atoms with E-state index < -0.39 is 12.7 Å². The van der Waals surface area contributed by atoms with Crippen LogP contribution in [0.1, 0.15) is 59.9 Å². The van der Waals surface area contributed by atoms with Crippen molar-refractivity contribution in [2.75, 3.05) is 13.1 Å². The van der Waals surface area contributed by atoms with Crippen molar-refractivity contribution < 1.29 is 18.8 Å². The number of ether oxygens (including phenoxy) is 1. The van der Waals surface area contributed by atoms with Crippen LogP contribution in [-0.4, -0.2) is 53.0 Å². The van der Waals surface area contributed by atoms with Crippen LogP contribution in [0.2, 0.25) is 0 Å². The third kappa shape index (κ3) is 3.74. The maximum absolute atomic E-state index is 12.1. The number of carbonyl (C=O) groups excluding carboxylic acids is 1. The van der Waals surface area contributed by atoms with Crippen LogP contribution in [0, 0.1) is 0 Å². The number of amides is 1. The first-order valence-corrected chi connectivity index (χ1v) is 9.17. The van der Waals surface area contributed by atoms with Gasteiger partial charge in [-0.25, -0.2) is 4.79 Å². The molecule has 0 aliphatic carbocycles. The molecule has 3 heterocycles. The summed E-state index contributed by atoms with van der Waals surface area (Å²) in [5, 5.41) is 0. The fourth-order valence-electron chi connectivity index (χ4n) is 2.98. The molecule has 3 rings (SSSR count). The van der Waals surface area contributed by atoms with E-state index in [4.69, 9.17) is 14.0 Å². The molecule has 142 valence electrons. The van der Waals surface area contributed by atoms with E-state index in [0.29, 0.717) is 13.1 Å². The minimum absolute atomic E-state index is 0.256. The summed E-state index contributed by atoms with van der Waals surface area (Å²) >= 11 is 0. The fraction of sp³-hybridized carbons (Fsp3) is 0.684. The second-order valence-corrected chi connectivity index (χ2v) is 9.18. The summed E-state index contributed by atoms with van der Waals surface area (Å²) in [6.07, 6.45) is 1.53. The van der Waals surface area contributed by atoms with Gasteiger partial charge in [0.1, 0.15) is 5.60 Å². The van der Waals surface area contributed by atoms with Crippen molar-refractivity contribution >= 4 is 18.8 Å². The number of likely N-dealkylation sites (tertiary alicyclic amines) is 1. The molecule has 2 saturated heterocycles. The summed E-state index contributed by atoms with van der Waals surface area (Å²) in [4.78, 5) is 18.3. The topological polar surface area (TPSA) is 60.9 Å². The van der Waals surface area contributed by atoms with Crippen molar-refractivity contribution in [3.63, 3.8) is 0 Å². The summed E-state index contributed by atoms with van der Waals surface area (Å²) < 4.78 is 17.6. The van der Waals surface area contributed by atoms with E-state index in [1.165, 1.54) is 0 Å². The van der Waals surface area contributed by atoms with Crippen LogP contribution in [0.4, 0.5) is 4.79 Å². The van der Waals surface area contributed by atoms with Gasteiger partial charge in [-0.2, -0.15) is 0 Å². The van der Waals surface area contributed by atoms with Gasteiger partial charge in [0.05, 0.1) is 16.8 Å². The average molecular weight is 360 g/mol. The van der Waals surface area contributed by atoms with Gasteiger partial charge in [-0.3, -0.25) is 4.98 Å². The monoisotopic (exact) mass is 360 g/mol. The molecule has 1 aromatic rings. The van der Waals surface area contributed by atoms with Crippen molar-refractivity contribution in [1.29, 1.82) is 0 Å². The molecule has 2 aliphatic heterocycles. The predicted molar refractivity (Wildman–Crippen MR) is 101 cm³/mol. The van der Waals surface area contributed by atoms with Gasteiger partial charge in [-0.15, -0.1) is 0 Å². The van der Waals surface area contributed by atoms with Crippen molar-refractivity contribution in [3.05, 3.63) is 23.9 Å². The molecule has 6 nitrogen and oxygen atoms in total. The fourth-order valence-corrected chi connectivity index (χ4v) is 2.98. The molecule has 0 bridgehead atoms. The zero-order valence-electron chi connectivity index (χ0n) is 16.8. The Kier molecular flexibility index (Phi) is 4.60. The molecule has 2 aliphatic rings. The third-order valence-corrected chi connectivity index (χ3v) is 5.30. The van der Waals surface area contributed by atoms with Gasteiger partial charge in [-0.05, 0) is 66.2 Å². The number of hydrogen-bond acceptors (Lipinski definition) is 5.